The van der Waals surface area contributed by atoms with E-state index in [4.69, 9.17) is 27.9 Å². The van der Waals surface area contributed by atoms with Gasteiger partial charge in [-0.2, -0.15) is 0 Å². The van der Waals surface area contributed by atoms with Gasteiger partial charge in [-0.3, -0.25) is 0 Å². The second kappa shape index (κ2) is 6.49. The third-order valence-corrected chi connectivity index (χ3v) is 5.13. The Morgan fingerprint density at radius 1 is 1.24 bits per heavy atom. The van der Waals surface area contributed by atoms with Gasteiger partial charge < -0.3 is 9.84 Å². The normalized spacial score (nSPS) is 18.7. The smallest absolute Gasteiger partial charge is 0.134 e. The molecule has 21 heavy (non-hydrogen) atoms. The summed E-state index contributed by atoms with van der Waals surface area (Å²) >= 11 is 13.7. The number of thioether (sulfide) groups is 1. The van der Waals surface area contributed by atoms with Gasteiger partial charge in [0.05, 0.1) is 6.10 Å². The summed E-state index contributed by atoms with van der Waals surface area (Å²) in [7, 11) is 0. The molecule has 110 valence electrons. The maximum atomic E-state index is 10.4. The van der Waals surface area contributed by atoms with E-state index in [1.807, 2.05) is 30.3 Å². The van der Waals surface area contributed by atoms with Gasteiger partial charge in [-0.25, -0.2) is 0 Å². The van der Waals surface area contributed by atoms with Gasteiger partial charge in [-0.1, -0.05) is 41.4 Å². The first-order valence-corrected chi connectivity index (χ1v) is 8.38. The van der Waals surface area contributed by atoms with E-state index in [0.717, 1.165) is 22.0 Å². The van der Waals surface area contributed by atoms with Gasteiger partial charge in [0, 0.05) is 27.1 Å². The Hall–Kier alpha value is -0.870. The number of fused-ring (bicyclic) bond motifs is 1. The molecule has 0 saturated carbocycles. The molecule has 0 amide bonds. The molecule has 2 aromatic carbocycles. The predicted molar refractivity (Wildman–Crippen MR) is 87.8 cm³/mol. The van der Waals surface area contributed by atoms with E-state index in [9.17, 15) is 5.11 Å². The lowest BCUT2D eigenvalue weighted by Crippen LogP contribution is -2.37. The van der Waals surface area contributed by atoms with Crippen molar-refractivity contribution in [1.29, 1.82) is 0 Å². The lowest BCUT2D eigenvalue weighted by molar-refractivity contribution is 0.0469. The van der Waals surface area contributed by atoms with E-state index in [-0.39, 0.29) is 6.10 Å². The van der Waals surface area contributed by atoms with Crippen LogP contribution in [0.4, 0.5) is 0 Å². The maximum Gasteiger partial charge on any atom is 0.134 e. The number of ether oxygens (including phenoxy) is 1. The molecule has 0 aromatic heterocycles. The fourth-order valence-electron chi connectivity index (χ4n) is 2.27. The van der Waals surface area contributed by atoms with E-state index in [2.05, 4.69) is 0 Å². The number of rotatable bonds is 3. The molecule has 1 aliphatic heterocycles. The number of hydrogen-bond donors (Lipinski definition) is 1. The van der Waals surface area contributed by atoms with Crippen molar-refractivity contribution < 1.29 is 9.84 Å². The zero-order chi connectivity index (χ0) is 14.8. The first-order chi connectivity index (χ1) is 10.1. The number of benzene rings is 2. The third-order valence-electron chi connectivity index (χ3n) is 3.40. The summed E-state index contributed by atoms with van der Waals surface area (Å²) in [6.07, 6.45) is -0.398. The zero-order valence-corrected chi connectivity index (χ0v) is 13.5. The highest BCUT2D eigenvalue weighted by atomic mass is 35.5. The molecule has 0 fully saturated rings. The summed E-state index contributed by atoms with van der Waals surface area (Å²) in [4.78, 5) is 1.12. The van der Waals surface area contributed by atoms with Crippen LogP contribution in [0.3, 0.4) is 0 Å². The number of hydrogen-bond acceptors (Lipinski definition) is 3. The van der Waals surface area contributed by atoms with Gasteiger partial charge in [-0.15, -0.1) is 11.8 Å². The van der Waals surface area contributed by atoms with Crippen LogP contribution in [0.25, 0.3) is 0 Å². The van der Waals surface area contributed by atoms with Crippen molar-refractivity contribution in [3.8, 4) is 5.75 Å². The number of aliphatic hydroxyl groups is 1. The van der Waals surface area contributed by atoms with Crippen molar-refractivity contribution >= 4 is 35.0 Å². The van der Waals surface area contributed by atoms with Crippen molar-refractivity contribution in [3.63, 3.8) is 0 Å². The summed E-state index contributed by atoms with van der Waals surface area (Å²) in [6.45, 7) is 0. The van der Waals surface area contributed by atoms with Gasteiger partial charge in [0.25, 0.3) is 0 Å². The lowest BCUT2D eigenvalue weighted by atomic mass is 10.0. The molecule has 1 N–H and O–H groups in total. The first kappa shape index (κ1) is 15.0. The molecule has 2 unspecified atom stereocenters. The number of para-hydroxylation sites is 1. The van der Waals surface area contributed by atoms with E-state index in [0.29, 0.717) is 16.5 Å². The second-order valence-corrected chi connectivity index (χ2v) is 6.83. The average Bonchev–Trinajstić information content (AvgIpc) is 2.49. The molecule has 2 atom stereocenters. The van der Waals surface area contributed by atoms with Gasteiger partial charge >= 0.3 is 0 Å². The highest BCUT2D eigenvalue weighted by molar-refractivity contribution is 7.99. The highest BCUT2D eigenvalue weighted by Gasteiger charge is 2.27. The molecule has 0 aliphatic carbocycles. The predicted octanol–water partition coefficient (Wildman–Crippen LogP) is 4.45. The van der Waals surface area contributed by atoms with Crippen LogP contribution in [0.5, 0.6) is 5.75 Å². The average molecular weight is 341 g/mol. The molecular formula is C16H14Cl2O2S. The number of aliphatic hydroxyl groups excluding tert-OH is 1. The van der Waals surface area contributed by atoms with E-state index in [1.54, 1.807) is 23.9 Å². The summed E-state index contributed by atoms with van der Waals surface area (Å²) in [5.41, 5.74) is 0.876. The number of halogens is 2. The Morgan fingerprint density at radius 2 is 2.05 bits per heavy atom. The van der Waals surface area contributed by atoms with Crippen molar-refractivity contribution in [2.45, 2.75) is 23.5 Å². The van der Waals surface area contributed by atoms with Crippen LogP contribution >= 0.6 is 35.0 Å². The Labute approximate surface area is 138 Å². The highest BCUT2D eigenvalue weighted by Crippen LogP contribution is 2.36. The maximum absolute atomic E-state index is 10.4. The quantitative estimate of drug-likeness (QED) is 0.894. The summed E-state index contributed by atoms with van der Waals surface area (Å²) in [5.74, 6) is 1.56. The minimum Gasteiger partial charge on any atom is -0.486 e. The van der Waals surface area contributed by atoms with E-state index >= 15 is 0 Å². The van der Waals surface area contributed by atoms with Crippen LogP contribution < -0.4 is 4.74 Å². The summed E-state index contributed by atoms with van der Waals surface area (Å²) in [5, 5.41) is 11.6. The van der Waals surface area contributed by atoms with Crippen molar-refractivity contribution in [2.75, 3.05) is 5.75 Å². The summed E-state index contributed by atoms with van der Waals surface area (Å²) in [6, 6.07) is 13.2. The van der Waals surface area contributed by atoms with Crippen LogP contribution in [0, 0.1) is 0 Å². The fourth-order valence-corrected chi connectivity index (χ4v) is 3.82. The Morgan fingerprint density at radius 3 is 2.86 bits per heavy atom. The second-order valence-electron chi connectivity index (χ2n) is 4.92. The molecule has 0 spiro atoms. The van der Waals surface area contributed by atoms with Crippen molar-refractivity contribution in [3.05, 3.63) is 58.1 Å². The van der Waals surface area contributed by atoms with Crippen LogP contribution in [-0.2, 0) is 6.42 Å². The van der Waals surface area contributed by atoms with Gasteiger partial charge in [-0.05, 0) is 29.8 Å². The molecule has 0 radical (unpaired) electrons. The molecular weight excluding hydrogens is 327 g/mol. The van der Waals surface area contributed by atoms with Crippen LogP contribution in [0.15, 0.2) is 47.4 Å². The Bertz CT molecular complexity index is 648. The van der Waals surface area contributed by atoms with Crippen LogP contribution in [0.1, 0.15) is 5.56 Å². The van der Waals surface area contributed by atoms with Gasteiger partial charge in [0.2, 0.25) is 0 Å². The first-order valence-electron chi connectivity index (χ1n) is 6.64. The third kappa shape index (κ3) is 3.49. The van der Waals surface area contributed by atoms with E-state index < -0.39 is 6.10 Å². The lowest BCUT2D eigenvalue weighted by Gasteiger charge is -2.29. The van der Waals surface area contributed by atoms with Crippen molar-refractivity contribution in [2.24, 2.45) is 0 Å². The van der Waals surface area contributed by atoms with Crippen molar-refractivity contribution in [1.82, 2.24) is 0 Å². The molecule has 0 saturated heterocycles. The SMILES string of the molecule is OC(Cc1ccc(Cl)cc1Cl)C1CSc2ccccc2O1. The minimum atomic E-state index is -0.607. The molecule has 5 heteroatoms. The topological polar surface area (TPSA) is 29.5 Å². The molecule has 2 nitrogen and oxygen atoms in total. The Balaban J connectivity index is 1.70. The molecule has 3 rings (SSSR count). The largest absolute Gasteiger partial charge is 0.486 e. The monoisotopic (exact) mass is 340 g/mol. The molecule has 2 aromatic rings. The van der Waals surface area contributed by atoms with Crippen LogP contribution in [-0.4, -0.2) is 23.1 Å². The van der Waals surface area contributed by atoms with E-state index in [1.165, 1.54) is 0 Å². The Kier molecular flexibility index (Phi) is 4.65. The summed E-state index contributed by atoms with van der Waals surface area (Å²) < 4.78 is 5.89. The molecule has 0 bridgehead atoms. The van der Waals surface area contributed by atoms with Crippen LogP contribution in [0.2, 0.25) is 10.0 Å². The van der Waals surface area contributed by atoms with Gasteiger partial charge in [0.15, 0.2) is 0 Å². The standard InChI is InChI=1S/C16H14Cl2O2S/c17-11-6-5-10(12(18)8-11)7-13(19)15-9-21-16-4-2-1-3-14(16)20-15/h1-6,8,13,15,19H,7,9H2. The molecule has 1 heterocycles. The molecule has 1 aliphatic rings. The fraction of sp³-hybridized carbons (Fsp3) is 0.250. The minimum absolute atomic E-state index is 0.239. The van der Waals surface area contributed by atoms with Gasteiger partial charge in [0.1, 0.15) is 11.9 Å². The zero-order valence-electron chi connectivity index (χ0n) is 11.1.